The lowest BCUT2D eigenvalue weighted by molar-refractivity contribution is 0.714. The van der Waals surface area contributed by atoms with Crippen LogP contribution in [0.5, 0.6) is 0 Å². The Labute approximate surface area is 403 Å². The standard InChI is InChI=1S/C68H47N/c1-68(51-28-9-4-10-29-51)63-37-17-15-34-59(63)61-45-53(40-42-64(61)68)69(52-30-19-27-49(43-52)55-36-20-26-46-21-11-12-31-54(46)55)65-38-18-16-32-56(65)50-39-41-58-57-33-13-14-35-60(57)66(47-22-5-2-6-23-47)67(62(58)44-50)48-24-7-3-8-25-48/h2-45H,1H3. The molecule has 1 aliphatic rings. The highest BCUT2D eigenvalue weighted by Gasteiger charge is 2.41. The van der Waals surface area contributed by atoms with Gasteiger partial charge in [0.15, 0.2) is 0 Å². The fraction of sp³-hybridized carbons (Fsp3) is 0.0294. The van der Waals surface area contributed by atoms with E-state index in [1.807, 2.05) is 0 Å². The predicted octanol–water partition coefficient (Wildman–Crippen LogP) is 18.6. The molecule has 12 aromatic rings. The lowest BCUT2D eigenvalue weighted by Crippen LogP contribution is -2.22. The van der Waals surface area contributed by atoms with Crippen LogP contribution in [-0.2, 0) is 5.41 Å². The zero-order valence-corrected chi connectivity index (χ0v) is 38.4. The van der Waals surface area contributed by atoms with Gasteiger partial charge in [0.2, 0.25) is 0 Å². The van der Waals surface area contributed by atoms with E-state index < -0.39 is 0 Å². The van der Waals surface area contributed by atoms with Crippen molar-refractivity contribution in [2.75, 3.05) is 4.90 Å². The van der Waals surface area contributed by atoms with E-state index in [0.29, 0.717) is 0 Å². The SMILES string of the molecule is CC1(c2ccccc2)c2ccccc2-c2cc(N(c3cccc(-c4cccc5ccccc45)c3)c3ccccc3-c3ccc4c(c3)c(-c3ccccc3)c(-c3ccccc3)c3ccccc34)ccc21. The number of nitrogens with zero attached hydrogens (tertiary/aromatic N) is 1. The van der Waals surface area contributed by atoms with Crippen LogP contribution in [0, 0.1) is 0 Å². The number of rotatable bonds is 8. The summed E-state index contributed by atoms with van der Waals surface area (Å²) < 4.78 is 0. The number of benzene rings is 12. The molecule has 69 heavy (non-hydrogen) atoms. The van der Waals surface area contributed by atoms with Crippen LogP contribution in [0.3, 0.4) is 0 Å². The van der Waals surface area contributed by atoms with Crippen LogP contribution >= 0.6 is 0 Å². The van der Waals surface area contributed by atoms with Gasteiger partial charge < -0.3 is 4.90 Å². The van der Waals surface area contributed by atoms with Crippen LogP contribution in [0.25, 0.3) is 88.0 Å². The van der Waals surface area contributed by atoms with Crippen LogP contribution in [0.2, 0.25) is 0 Å². The minimum atomic E-state index is -0.299. The number of fused-ring (bicyclic) bond motifs is 7. The average molecular weight is 878 g/mol. The fourth-order valence-corrected chi connectivity index (χ4v) is 11.5. The van der Waals surface area contributed by atoms with Gasteiger partial charge in [-0.1, -0.05) is 231 Å². The largest absolute Gasteiger partial charge is 0.310 e. The summed E-state index contributed by atoms with van der Waals surface area (Å²) in [7, 11) is 0. The molecular weight excluding hydrogens is 831 g/mol. The van der Waals surface area contributed by atoms with E-state index in [9.17, 15) is 0 Å². The molecule has 1 nitrogen and oxygen atoms in total. The van der Waals surface area contributed by atoms with Crippen molar-refractivity contribution >= 4 is 49.4 Å². The number of para-hydroxylation sites is 1. The van der Waals surface area contributed by atoms with Gasteiger partial charge in [0.25, 0.3) is 0 Å². The Bertz CT molecular complexity index is 3900. The molecule has 0 bridgehead atoms. The molecule has 0 heterocycles. The lowest BCUT2D eigenvalue weighted by Gasteiger charge is -2.30. The van der Waals surface area contributed by atoms with Gasteiger partial charge in [-0.05, 0) is 142 Å². The maximum atomic E-state index is 2.49. The number of hydrogen-bond acceptors (Lipinski definition) is 1. The quantitative estimate of drug-likeness (QED) is 0.138. The Morgan fingerprint density at radius 2 is 0.812 bits per heavy atom. The van der Waals surface area contributed by atoms with Crippen molar-refractivity contribution in [2.24, 2.45) is 0 Å². The predicted molar refractivity (Wildman–Crippen MR) is 293 cm³/mol. The van der Waals surface area contributed by atoms with Gasteiger partial charge in [0.1, 0.15) is 0 Å². The third-order valence-corrected chi connectivity index (χ3v) is 14.7. The van der Waals surface area contributed by atoms with Gasteiger partial charge in [-0.15, -0.1) is 0 Å². The Morgan fingerprint density at radius 3 is 1.59 bits per heavy atom. The Hall–Kier alpha value is -8.78. The highest BCUT2D eigenvalue weighted by atomic mass is 15.1. The summed E-state index contributed by atoms with van der Waals surface area (Å²) in [6.07, 6.45) is 0. The van der Waals surface area contributed by atoms with Crippen molar-refractivity contribution in [3.8, 4) is 55.6 Å². The minimum Gasteiger partial charge on any atom is -0.310 e. The van der Waals surface area contributed by atoms with Crippen LogP contribution in [0.1, 0.15) is 23.6 Å². The van der Waals surface area contributed by atoms with Crippen LogP contribution in [0.15, 0.2) is 267 Å². The first-order valence-corrected chi connectivity index (χ1v) is 24.0. The van der Waals surface area contributed by atoms with E-state index in [2.05, 4.69) is 279 Å². The summed E-state index contributed by atoms with van der Waals surface area (Å²) in [6, 6.07) is 98.5. The molecule has 1 atom stereocenters. The van der Waals surface area contributed by atoms with Crippen molar-refractivity contribution in [1.29, 1.82) is 0 Å². The molecule has 0 spiro atoms. The third kappa shape index (κ3) is 6.61. The molecule has 1 heteroatoms. The van der Waals surface area contributed by atoms with Gasteiger partial charge in [0.05, 0.1) is 5.69 Å². The molecule has 0 aromatic heterocycles. The summed E-state index contributed by atoms with van der Waals surface area (Å²) in [6.45, 7) is 2.39. The number of anilines is 3. The van der Waals surface area contributed by atoms with Crippen LogP contribution < -0.4 is 4.90 Å². The van der Waals surface area contributed by atoms with Crippen LogP contribution in [-0.4, -0.2) is 0 Å². The van der Waals surface area contributed by atoms with E-state index in [0.717, 1.165) is 28.2 Å². The molecule has 1 aliphatic carbocycles. The normalized spacial score (nSPS) is 13.9. The van der Waals surface area contributed by atoms with E-state index in [1.54, 1.807) is 0 Å². The summed E-state index contributed by atoms with van der Waals surface area (Å²) in [5.41, 5.74) is 19.1. The van der Waals surface area contributed by atoms with E-state index >= 15 is 0 Å². The van der Waals surface area contributed by atoms with Gasteiger partial charge in [-0.25, -0.2) is 0 Å². The van der Waals surface area contributed by atoms with Gasteiger partial charge in [-0.3, -0.25) is 0 Å². The zero-order valence-electron chi connectivity index (χ0n) is 38.4. The molecule has 0 radical (unpaired) electrons. The first-order valence-electron chi connectivity index (χ1n) is 24.0. The van der Waals surface area contributed by atoms with E-state index in [-0.39, 0.29) is 5.41 Å². The van der Waals surface area contributed by atoms with E-state index in [4.69, 9.17) is 0 Å². The molecule has 0 saturated carbocycles. The fourth-order valence-electron chi connectivity index (χ4n) is 11.5. The molecule has 0 amide bonds. The number of hydrogen-bond donors (Lipinski definition) is 0. The van der Waals surface area contributed by atoms with Crippen molar-refractivity contribution in [3.05, 3.63) is 284 Å². The molecule has 0 aliphatic heterocycles. The van der Waals surface area contributed by atoms with Gasteiger partial charge in [-0.2, -0.15) is 0 Å². The second-order valence-corrected chi connectivity index (χ2v) is 18.5. The van der Waals surface area contributed by atoms with Crippen molar-refractivity contribution in [3.63, 3.8) is 0 Å². The first kappa shape index (κ1) is 40.5. The van der Waals surface area contributed by atoms with Crippen molar-refractivity contribution in [2.45, 2.75) is 12.3 Å². The second-order valence-electron chi connectivity index (χ2n) is 18.5. The Morgan fingerprint density at radius 1 is 0.290 bits per heavy atom. The highest BCUT2D eigenvalue weighted by Crippen LogP contribution is 2.55. The molecule has 12 aromatic carbocycles. The highest BCUT2D eigenvalue weighted by molar-refractivity contribution is 6.22. The third-order valence-electron chi connectivity index (χ3n) is 14.7. The maximum absolute atomic E-state index is 2.49. The second kappa shape index (κ2) is 16.5. The van der Waals surface area contributed by atoms with Crippen molar-refractivity contribution in [1.82, 2.24) is 0 Å². The van der Waals surface area contributed by atoms with Crippen molar-refractivity contribution < 1.29 is 0 Å². The summed E-state index contributed by atoms with van der Waals surface area (Å²) in [5.74, 6) is 0. The molecule has 0 saturated heterocycles. The van der Waals surface area contributed by atoms with E-state index in [1.165, 1.54) is 93.5 Å². The molecule has 1 unspecified atom stereocenters. The minimum absolute atomic E-state index is 0.299. The lowest BCUT2D eigenvalue weighted by atomic mass is 9.74. The molecule has 0 fully saturated rings. The summed E-state index contributed by atoms with van der Waals surface area (Å²) in [5, 5.41) is 7.44. The summed E-state index contributed by atoms with van der Waals surface area (Å²) >= 11 is 0. The first-order chi connectivity index (χ1) is 34.1. The summed E-state index contributed by atoms with van der Waals surface area (Å²) in [4.78, 5) is 2.49. The average Bonchev–Trinajstić information content (AvgIpc) is 3.69. The molecule has 324 valence electrons. The topological polar surface area (TPSA) is 3.24 Å². The maximum Gasteiger partial charge on any atom is 0.0540 e. The van der Waals surface area contributed by atoms with Gasteiger partial charge >= 0.3 is 0 Å². The monoisotopic (exact) mass is 877 g/mol. The smallest absolute Gasteiger partial charge is 0.0540 e. The molecule has 0 N–H and O–H groups in total. The van der Waals surface area contributed by atoms with Crippen LogP contribution in [0.4, 0.5) is 17.1 Å². The molecule has 13 rings (SSSR count). The zero-order chi connectivity index (χ0) is 45.9. The Kier molecular flexibility index (Phi) is 9.70. The molecular formula is C68H47N. The van der Waals surface area contributed by atoms with Gasteiger partial charge in [0, 0.05) is 22.4 Å². The Balaban J connectivity index is 1.06.